The molecule has 1 saturated heterocycles. The van der Waals surface area contributed by atoms with Crippen LogP contribution in [0.25, 0.3) is 0 Å². The third kappa shape index (κ3) is 4.39. The molecule has 16 heavy (non-hydrogen) atoms. The Labute approximate surface area is 97.6 Å². The fourth-order valence-corrected chi connectivity index (χ4v) is 1.86. The predicted octanol–water partition coefficient (Wildman–Crippen LogP) is 2.02. The van der Waals surface area contributed by atoms with Gasteiger partial charge in [-0.25, -0.2) is 4.79 Å². The van der Waals surface area contributed by atoms with E-state index in [0.717, 1.165) is 25.8 Å². The second-order valence-corrected chi connectivity index (χ2v) is 5.45. The van der Waals surface area contributed by atoms with E-state index < -0.39 is 5.60 Å². The minimum absolute atomic E-state index is 0.224. The van der Waals surface area contributed by atoms with Gasteiger partial charge in [0.15, 0.2) is 0 Å². The first-order valence-electron chi connectivity index (χ1n) is 6.01. The van der Waals surface area contributed by atoms with E-state index >= 15 is 0 Å². The van der Waals surface area contributed by atoms with Crippen molar-refractivity contribution >= 4 is 6.09 Å². The van der Waals surface area contributed by atoms with Gasteiger partial charge in [0.05, 0.1) is 0 Å². The molecule has 1 atom stereocenters. The Balaban J connectivity index is 2.45. The smallest absolute Gasteiger partial charge is 0.410 e. The molecule has 0 aromatic heterocycles. The highest BCUT2D eigenvalue weighted by atomic mass is 16.6. The molecule has 0 saturated carbocycles. The number of hydrogen-bond donors (Lipinski definition) is 1. The molecule has 0 spiro atoms. The highest BCUT2D eigenvalue weighted by Gasteiger charge is 2.24. The van der Waals surface area contributed by atoms with Gasteiger partial charge in [0.2, 0.25) is 0 Å². The van der Waals surface area contributed by atoms with Crippen LogP contribution in [0.4, 0.5) is 4.79 Å². The Morgan fingerprint density at radius 2 is 2.06 bits per heavy atom. The van der Waals surface area contributed by atoms with E-state index in [0.29, 0.717) is 12.5 Å². The number of likely N-dealkylation sites (tertiary alicyclic amines) is 1. The van der Waals surface area contributed by atoms with Crippen molar-refractivity contribution in [3.05, 3.63) is 0 Å². The monoisotopic (exact) mass is 229 g/mol. The lowest BCUT2D eigenvalue weighted by molar-refractivity contribution is 0.0253. The van der Waals surface area contributed by atoms with Crippen molar-refractivity contribution in [1.82, 2.24) is 4.90 Å². The van der Waals surface area contributed by atoms with Crippen molar-refractivity contribution < 1.29 is 14.6 Å². The van der Waals surface area contributed by atoms with Crippen LogP contribution in [-0.2, 0) is 4.74 Å². The number of ether oxygens (including phenoxy) is 1. The van der Waals surface area contributed by atoms with Gasteiger partial charge < -0.3 is 14.7 Å². The molecule has 0 aromatic carbocycles. The van der Waals surface area contributed by atoms with E-state index in [2.05, 4.69) is 0 Å². The highest BCUT2D eigenvalue weighted by molar-refractivity contribution is 5.68. The Hall–Kier alpha value is -0.770. The van der Waals surface area contributed by atoms with Crippen LogP contribution in [0.15, 0.2) is 0 Å². The predicted molar refractivity (Wildman–Crippen MR) is 62.2 cm³/mol. The minimum Gasteiger partial charge on any atom is -0.444 e. The summed E-state index contributed by atoms with van der Waals surface area (Å²) in [5.41, 5.74) is -0.431. The summed E-state index contributed by atoms with van der Waals surface area (Å²) in [5.74, 6) is 0.340. The van der Waals surface area contributed by atoms with Crippen LogP contribution in [0.2, 0.25) is 0 Å². The third-order valence-electron chi connectivity index (χ3n) is 2.76. The lowest BCUT2D eigenvalue weighted by Crippen LogP contribution is -2.37. The van der Waals surface area contributed by atoms with Crippen molar-refractivity contribution in [2.75, 3.05) is 19.7 Å². The number of nitrogens with zero attached hydrogens (tertiary/aromatic N) is 1. The number of carbonyl (C=O) groups excluding carboxylic acids is 1. The zero-order valence-corrected chi connectivity index (χ0v) is 10.5. The molecule has 0 bridgehead atoms. The maximum absolute atomic E-state index is 11.8. The number of aliphatic hydroxyl groups is 1. The van der Waals surface area contributed by atoms with Crippen LogP contribution < -0.4 is 0 Å². The summed E-state index contributed by atoms with van der Waals surface area (Å²) < 4.78 is 5.33. The molecule has 0 radical (unpaired) electrons. The SMILES string of the molecule is CC(C)(C)OC(=O)N1CCCC(CO)CC1. The maximum atomic E-state index is 11.8. The minimum atomic E-state index is -0.431. The molecule has 94 valence electrons. The zero-order valence-electron chi connectivity index (χ0n) is 10.5. The molecule has 0 aromatic rings. The quantitative estimate of drug-likeness (QED) is 0.748. The van der Waals surface area contributed by atoms with Gasteiger partial charge in [0, 0.05) is 19.7 Å². The molecular weight excluding hydrogens is 206 g/mol. The first-order chi connectivity index (χ1) is 7.42. The van der Waals surface area contributed by atoms with Crippen LogP contribution in [0.3, 0.4) is 0 Å². The molecule has 1 fully saturated rings. The van der Waals surface area contributed by atoms with Crippen LogP contribution >= 0.6 is 0 Å². The maximum Gasteiger partial charge on any atom is 0.410 e. The molecular formula is C12H23NO3. The van der Waals surface area contributed by atoms with Gasteiger partial charge in [-0.2, -0.15) is 0 Å². The highest BCUT2D eigenvalue weighted by Crippen LogP contribution is 2.18. The first-order valence-corrected chi connectivity index (χ1v) is 6.01. The topological polar surface area (TPSA) is 49.8 Å². The van der Waals surface area contributed by atoms with Gasteiger partial charge in [-0.3, -0.25) is 0 Å². The average molecular weight is 229 g/mol. The van der Waals surface area contributed by atoms with Gasteiger partial charge in [0.25, 0.3) is 0 Å². The largest absolute Gasteiger partial charge is 0.444 e. The summed E-state index contributed by atoms with van der Waals surface area (Å²) >= 11 is 0. The van der Waals surface area contributed by atoms with Crippen LogP contribution in [-0.4, -0.2) is 41.4 Å². The van der Waals surface area contributed by atoms with Crippen LogP contribution in [0.1, 0.15) is 40.0 Å². The van der Waals surface area contributed by atoms with E-state index in [1.807, 2.05) is 20.8 Å². The third-order valence-corrected chi connectivity index (χ3v) is 2.76. The molecule has 4 nitrogen and oxygen atoms in total. The first kappa shape index (κ1) is 13.3. The molecule has 1 N–H and O–H groups in total. The summed E-state index contributed by atoms with van der Waals surface area (Å²) in [6.07, 6.45) is 2.59. The summed E-state index contributed by atoms with van der Waals surface area (Å²) in [5, 5.41) is 9.09. The van der Waals surface area contributed by atoms with Crippen molar-refractivity contribution in [2.24, 2.45) is 5.92 Å². The molecule has 4 heteroatoms. The molecule has 1 unspecified atom stereocenters. The standard InChI is InChI=1S/C12H23NO3/c1-12(2,3)16-11(15)13-7-4-5-10(9-14)6-8-13/h10,14H,4-9H2,1-3H3. The molecule has 0 aliphatic carbocycles. The van der Waals surface area contributed by atoms with Crippen LogP contribution in [0, 0.1) is 5.92 Å². The van der Waals surface area contributed by atoms with Gasteiger partial charge in [-0.15, -0.1) is 0 Å². The molecule has 1 aliphatic rings. The Kier molecular flexibility index (Phi) is 4.59. The van der Waals surface area contributed by atoms with E-state index in [-0.39, 0.29) is 12.7 Å². The van der Waals surface area contributed by atoms with E-state index in [9.17, 15) is 4.79 Å². The average Bonchev–Trinajstić information content (AvgIpc) is 2.39. The van der Waals surface area contributed by atoms with Crippen molar-refractivity contribution in [3.63, 3.8) is 0 Å². The fraction of sp³-hybridized carbons (Fsp3) is 0.917. The van der Waals surface area contributed by atoms with Gasteiger partial charge >= 0.3 is 6.09 Å². The summed E-state index contributed by atoms with van der Waals surface area (Å²) in [7, 11) is 0. The number of carbonyl (C=O) groups is 1. The molecule has 1 rings (SSSR count). The van der Waals surface area contributed by atoms with E-state index in [4.69, 9.17) is 9.84 Å². The van der Waals surface area contributed by atoms with Crippen LogP contribution in [0.5, 0.6) is 0 Å². The summed E-state index contributed by atoms with van der Waals surface area (Å²) in [4.78, 5) is 13.6. The number of hydrogen-bond acceptors (Lipinski definition) is 3. The van der Waals surface area contributed by atoms with Gasteiger partial charge in [0.1, 0.15) is 5.60 Å². The Morgan fingerprint density at radius 1 is 1.38 bits per heavy atom. The Bertz CT molecular complexity index is 235. The van der Waals surface area contributed by atoms with E-state index in [1.165, 1.54) is 0 Å². The lowest BCUT2D eigenvalue weighted by Gasteiger charge is -2.26. The summed E-state index contributed by atoms with van der Waals surface area (Å²) in [6, 6.07) is 0. The number of rotatable bonds is 1. The molecule has 1 aliphatic heterocycles. The van der Waals surface area contributed by atoms with E-state index in [1.54, 1.807) is 4.90 Å². The second-order valence-electron chi connectivity index (χ2n) is 5.45. The fourth-order valence-electron chi connectivity index (χ4n) is 1.86. The van der Waals surface area contributed by atoms with Gasteiger partial charge in [-0.1, -0.05) is 0 Å². The lowest BCUT2D eigenvalue weighted by atomic mass is 10.0. The van der Waals surface area contributed by atoms with Crippen molar-refractivity contribution in [3.8, 4) is 0 Å². The zero-order chi connectivity index (χ0) is 12.2. The molecule has 1 amide bonds. The second kappa shape index (κ2) is 5.53. The number of aliphatic hydroxyl groups excluding tert-OH is 1. The normalized spacial score (nSPS) is 22.8. The number of amides is 1. The molecule has 1 heterocycles. The van der Waals surface area contributed by atoms with Crippen molar-refractivity contribution in [2.45, 2.75) is 45.6 Å². The summed E-state index contributed by atoms with van der Waals surface area (Å²) in [6.45, 7) is 7.28. The Morgan fingerprint density at radius 3 is 2.62 bits per heavy atom. The van der Waals surface area contributed by atoms with Gasteiger partial charge in [-0.05, 0) is 46.0 Å². The van der Waals surface area contributed by atoms with Crippen molar-refractivity contribution in [1.29, 1.82) is 0 Å².